The van der Waals surface area contributed by atoms with Gasteiger partial charge in [-0.2, -0.15) is 0 Å². The van der Waals surface area contributed by atoms with Gasteiger partial charge in [-0.05, 0) is 37.3 Å². The molecule has 0 aliphatic carbocycles. The Hall–Kier alpha value is -2.28. The second-order valence-corrected chi connectivity index (χ2v) is 7.02. The molecule has 6 nitrogen and oxygen atoms in total. The first-order valence-electron chi connectivity index (χ1n) is 8.95. The summed E-state index contributed by atoms with van der Waals surface area (Å²) in [6.45, 7) is 5.22. The zero-order valence-corrected chi connectivity index (χ0v) is 15.8. The monoisotopic (exact) mass is 388 g/mol. The number of ether oxygens (including phenoxy) is 1. The maximum absolute atomic E-state index is 12.8. The molecule has 0 radical (unpaired) electrons. The van der Waals surface area contributed by atoms with E-state index in [-0.39, 0.29) is 11.9 Å². The predicted octanol–water partition coefficient (Wildman–Crippen LogP) is 3.79. The lowest BCUT2D eigenvalue weighted by molar-refractivity contribution is 0.0117. The molecular weight excluding hydrogens is 368 g/mol. The molecule has 3 aromatic rings. The van der Waals surface area contributed by atoms with Crippen molar-refractivity contribution in [2.75, 3.05) is 32.8 Å². The number of nitrogens with one attached hydrogen (secondary N) is 1. The Kier molecular flexibility index (Phi) is 5.20. The minimum Gasteiger partial charge on any atom is -0.468 e. The number of amides is 1. The molecule has 1 fully saturated rings. The molecule has 3 heterocycles. The molecule has 7 heteroatoms. The van der Waals surface area contributed by atoms with E-state index in [1.165, 1.54) is 0 Å². The van der Waals surface area contributed by atoms with Crippen molar-refractivity contribution in [2.45, 2.75) is 13.0 Å². The Morgan fingerprint density at radius 2 is 2.11 bits per heavy atom. The molecule has 1 amide bonds. The average molecular weight is 389 g/mol. The molecule has 2 aromatic heterocycles. The molecule has 4 rings (SSSR count). The van der Waals surface area contributed by atoms with Crippen molar-refractivity contribution in [2.24, 2.45) is 0 Å². The van der Waals surface area contributed by atoms with Crippen LogP contribution in [0.1, 0.15) is 27.9 Å². The number of morpholine rings is 1. The van der Waals surface area contributed by atoms with E-state index in [1.807, 2.05) is 25.1 Å². The Labute approximate surface area is 162 Å². The zero-order chi connectivity index (χ0) is 18.8. The highest BCUT2D eigenvalue weighted by molar-refractivity contribution is 6.31. The predicted molar refractivity (Wildman–Crippen MR) is 102 cm³/mol. The molecule has 1 atom stereocenters. The molecule has 1 saturated heterocycles. The van der Waals surface area contributed by atoms with Gasteiger partial charge in [-0.25, -0.2) is 0 Å². The zero-order valence-electron chi connectivity index (χ0n) is 15.0. The second-order valence-electron chi connectivity index (χ2n) is 6.59. The van der Waals surface area contributed by atoms with Gasteiger partial charge >= 0.3 is 0 Å². The highest BCUT2D eigenvalue weighted by atomic mass is 35.5. The van der Waals surface area contributed by atoms with Gasteiger partial charge in [0.15, 0.2) is 5.76 Å². The summed E-state index contributed by atoms with van der Waals surface area (Å²) in [4.78, 5) is 15.0. The van der Waals surface area contributed by atoms with Gasteiger partial charge < -0.3 is 18.9 Å². The fourth-order valence-electron chi connectivity index (χ4n) is 3.46. The molecule has 0 saturated carbocycles. The number of aryl methyl sites for hydroxylation is 1. The number of hydrogen-bond acceptors (Lipinski definition) is 5. The van der Waals surface area contributed by atoms with Crippen molar-refractivity contribution in [1.82, 2.24) is 10.2 Å². The van der Waals surface area contributed by atoms with Crippen LogP contribution in [0.25, 0.3) is 11.0 Å². The fourth-order valence-corrected chi connectivity index (χ4v) is 3.63. The second kappa shape index (κ2) is 7.76. The third kappa shape index (κ3) is 3.74. The van der Waals surface area contributed by atoms with Gasteiger partial charge in [0, 0.05) is 35.6 Å². The maximum atomic E-state index is 12.8. The number of nitrogens with zero attached hydrogens (tertiary/aromatic N) is 1. The molecule has 142 valence electrons. The first kappa shape index (κ1) is 18.1. The van der Waals surface area contributed by atoms with Gasteiger partial charge in [0.05, 0.1) is 25.5 Å². The SMILES string of the molecule is Cc1c(C(=O)NCC(c2ccco2)N2CCOCC2)oc2ccc(Cl)cc12. The van der Waals surface area contributed by atoms with E-state index in [1.54, 1.807) is 18.4 Å². The molecular formula is C20H21ClN2O4. The van der Waals surface area contributed by atoms with Crippen molar-refractivity contribution in [1.29, 1.82) is 0 Å². The molecule has 1 aliphatic heterocycles. The summed E-state index contributed by atoms with van der Waals surface area (Å²) < 4.78 is 16.8. The summed E-state index contributed by atoms with van der Waals surface area (Å²) in [6.07, 6.45) is 1.65. The van der Waals surface area contributed by atoms with Crippen LogP contribution in [-0.2, 0) is 4.74 Å². The van der Waals surface area contributed by atoms with Gasteiger partial charge in [0.25, 0.3) is 5.91 Å². The van der Waals surface area contributed by atoms with E-state index < -0.39 is 0 Å². The topological polar surface area (TPSA) is 67.9 Å². The number of hydrogen-bond donors (Lipinski definition) is 1. The minimum absolute atomic E-state index is 0.0491. The van der Waals surface area contributed by atoms with Crippen molar-refractivity contribution in [3.63, 3.8) is 0 Å². The fraction of sp³-hybridized carbons (Fsp3) is 0.350. The summed E-state index contributed by atoms with van der Waals surface area (Å²) in [7, 11) is 0. The van der Waals surface area contributed by atoms with Crippen LogP contribution < -0.4 is 5.32 Å². The van der Waals surface area contributed by atoms with Crippen molar-refractivity contribution >= 4 is 28.5 Å². The number of carbonyl (C=O) groups excluding carboxylic acids is 1. The van der Waals surface area contributed by atoms with Crippen molar-refractivity contribution in [3.05, 3.63) is 58.7 Å². The first-order valence-corrected chi connectivity index (χ1v) is 9.33. The maximum Gasteiger partial charge on any atom is 0.287 e. The molecule has 0 bridgehead atoms. The Balaban J connectivity index is 1.52. The number of fused-ring (bicyclic) bond motifs is 1. The average Bonchev–Trinajstić information content (AvgIpc) is 3.32. The Morgan fingerprint density at radius 1 is 1.30 bits per heavy atom. The third-order valence-electron chi connectivity index (χ3n) is 4.92. The van der Waals surface area contributed by atoms with Gasteiger partial charge in [-0.15, -0.1) is 0 Å². The van der Waals surface area contributed by atoms with Gasteiger partial charge in [0.1, 0.15) is 11.3 Å². The van der Waals surface area contributed by atoms with Crippen LogP contribution in [0.5, 0.6) is 0 Å². The van der Waals surface area contributed by atoms with E-state index >= 15 is 0 Å². The third-order valence-corrected chi connectivity index (χ3v) is 5.15. The normalized spacial score (nSPS) is 16.5. The highest BCUT2D eigenvalue weighted by Crippen LogP contribution is 2.28. The number of benzene rings is 1. The minimum atomic E-state index is -0.246. The van der Waals surface area contributed by atoms with Crippen LogP contribution in [0.3, 0.4) is 0 Å². The van der Waals surface area contributed by atoms with Crippen LogP contribution >= 0.6 is 11.6 Å². The number of halogens is 1. The van der Waals surface area contributed by atoms with E-state index in [0.717, 1.165) is 29.8 Å². The summed E-state index contributed by atoms with van der Waals surface area (Å²) in [5.41, 5.74) is 1.43. The van der Waals surface area contributed by atoms with Crippen LogP contribution in [-0.4, -0.2) is 43.7 Å². The van der Waals surface area contributed by atoms with Crippen LogP contribution in [0.4, 0.5) is 0 Å². The largest absolute Gasteiger partial charge is 0.468 e. The molecule has 1 unspecified atom stereocenters. The summed E-state index contributed by atoms with van der Waals surface area (Å²) >= 11 is 6.06. The van der Waals surface area contributed by atoms with Gasteiger partial charge in [-0.1, -0.05) is 11.6 Å². The highest BCUT2D eigenvalue weighted by Gasteiger charge is 2.26. The lowest BCUT2D eigenvalue weighted by Gasteiger charge is -2.33. The van der Waals surface area contributed by atoms with Gasteiger partial charge in [0.2, 0.25) is 0 Å². The number of rotatable bonds is 5. The van der Waals surface area contributed by atoms with E-state index in [0.29, 0.717) is 36.1 Å². The van der Waals surface area contributed by atoms with E-state index in [4.69, 9.17) is 25.2 Å². The van der Waals surface area contributed by atoms with E-state index in [2.05, 4.69) is 10.2 Å². The molecule has 1 N–H and O–H groups in total. The lowest BCUT2D eigenvalue weighted by atomic mass is 10.1. The summed E-state index contributed by atoms with van der Waals surface area (Å²) in [5, 5.41) is 4.46. The molecule has 0 spiro atoms. The van der Waals surface area contributed by atoms with Crippen LogP contribution in [0.2, 0.25) is 5.02 Å². The standard InChI is InChI=1S/C20H21ClN2O4/c1-13-15-11-14(21)4-5-17(15)27-19(13)20(24)22-12-16(18-3-2-8-26-18)23-6-9-25-10-7-23/h2-5,8,11,16H,6-7,9-10,12H2,1H3,(H,22,24). The quantitative estimate of drug-likeness (QED) is 0.720. The smallest absolute Gasteiger partial charge is 0.287 e. The summed E-state index contributed by atoms with van der Waals surface area (Å²) in [6, 6.07) is 9.08. The van der Waals surface area contributed by atoms with Crippen LogP contribution in [0, 0.1) is 6.92 Å². The molecule has 1 aliphatic rings. The first-order chi connectivity index (χ1) is 13.1. The van der Waals surface area contributed by atoms with Crippen LogP contribution in [0.15, 0.2) is 45.4 Å². The van der Waals surface area contributed by atoms with Gasteiger partial charge in [-0.3, -0.25) is 9.69 Å². The molecule has 1 aromatic carbocycles. The number of carbonyl (C=O) groups is 1. The summed E-state index contributed by atoms with van der Waals surface area (Å²) in [5.74, 6) is 0.891. The van der Waals surface area contributed by atoms with E-state index in [9.17, 15) is 4.79 Å². The number of furan rings is 2. The Bertz CT molecular complexity index is 929. The lowest BCUT2D eigenvalue weighted by Crippen LogP contribution is -2.43. The van der Waals surface area contributed by atoms with Crippen molar-refractivity contribution < 1.29 is 18.4 Å². The van der Waals surface area contributed by atoms with Crippen molar-refractivity contribution in [3.8, 4) is 0 Å². The Morgan fingerprint density at radius 3 is 2.85 bits per heavy atom. The molecule has 27 heavy (non-hydrogen) atoms.